The number of hydrogen-bond donors (Lipinski definition) is 3. The molecule has 13 heteroatoms. The van der Waals surface area contributed by atoms with Crippen molar-refractivity contribution in [1.82, 2.24) is 24.3 Å². The first kappa shape index (κ1) is 32.5. The van der Waals surface area contributed by atoms with Crippen molar-refractivity contribution in [3.05, 3.63) is 52.6 Å². The quantitative estimate of drug-likeness (QED) is 0.437. The predicted molar refractivity (Wildman–Crippen MR) is 160 cm³/mol. The molecule has 1 aromatic carbocycles. The summed E-state index contributed by atoms with van der Waals surface area (Å²) in [4.78, 5) is 47.5. The number of rotatable bonds is 7. The summed E-state index contributed by atoms with van der Waals surface area (Å²) in [5, 5.41) is 2.69. The summed E-state index contributed by atoms with van der Waals surface area (Å²) >= 11 is 0. The Morgan fingerprint density at radius 2 is 1.73 bits per heavy atom. The maximum atomic E-state index is 12.8. The van der Waals surface area contributed by atoms with Gasteiger partial charge in [0.2, 0.25) is 5.91 Å². The lowest BCUT2D eigenvalue weighted by atomic mass is 9.88. The number of aromatic nitrogens is 2. The summed E-state index contributed by atoms with van der Waals surface area (Å²) in [6.45, 7) is 5.65. The molecule has 5 N–H and O–H groups in total. The standard InChI is InChI=1S/C28H42N8O4.ClH/c1-28(2,30)25(37)34-13-15-35(16-14-34)26(38)31-24-11-12-36(27(39)32-24)20-7-5-19(6-8-20)18-33(3)21-9-10-22(29)23(17-21)40-4;/h5-8,11-12,21-23H,9-10,13-18,29-30H2,1-4H3,(H,31,32,38,39);1H. The maximum absolute atomic E-state index is 12.8. The first-order valence-electron chi connectivity index (χ1n) is 13.8. The number of nitrogens with two attached hydrogens (primary N) is 2. The monoisotopic (exact) mass is 590 g/mol. The minimum absolute atomic E-state index is 0. The van der Waals surface area contributed by atoms with Crippen LogP contribution in [0.5, 0.6) is 0 Å². The molecule has 2 aromatic rings. The minimum atomic E-state index is -0.951. The second kappa shape index (κ2) is 13.8. The normalized spacial score (nSPS) is 21.4. The van der Waals surface area contributed by atoms with E-state index < -0.39 is 11.2 Å². The molecule has 0 bridgehead atoms. The number of nitrogens with zero attached hydrogens (tertiary/aromatic N) is 5. The molecule has 3 amide bonds. The van der Waals surface area contributed by atoms with E-state index in [4.69, 9.17) is 16.2 Å². The molecule has 1 aliphatic heterocycles. The number of urea groups is 1. The second-order valence-corrected chi connectivity index (χ2v) is 11.4. The number of carbonyl (C=O) groups excluding carboxylic acids is 2. The Kier molecular flexibility index (Phi) is 10.9. The molecule has 1 saturated carbocycles. The number of anilines is 1. The second-order valence-electron chi connectivity index (χ2n) is 11.4. The van der Waals surface area contributed by atoms with Gasteiger partial charge < -0.3 is 26.0 Å². The number of halogens is 1. The minimum Gasteiger partial charge on any atom is -0.380 e. The molecule has 0 radical (unpaired) electrons. The van der Waals surface area contributed by atoms with Crippen LogP contribution in [0.25, 0.3) is 5.69 Å². The van der Waals surface area contributed by atoms with Gasteiger partial charge in [0.15, 0.2) is 0 Å². The number of carbonyl (C=O) groups is 2. The molecular weight excluding hydrogens is 548 g/mol. The van der Waals surface area contributed by atoms with Crippen LogP contribution in [0.3, 0.4) is 0 Å². The molecule has 0 spiro atoms. The lowest BCUT2D eigenvalue weighted by Crippen LogP contribution is -2.58. The van der Waals surface area contributed by atoms with E-state index in [2.05, 4.69) is 22.2 Å². The SMILES string of the molecule is COC1CC(N(C)Cc2ccc(-n3ccc(NC(=O)N4CCN(C(=O)C(C)(C)N)CC4)nc3=O)cc2)CCC1N.Cl. The fourth-order valence-electron chi connectivity index (χ4n) is 5.36. The molecule has 2 fully saturated rings. The molecule has 12 nitrogen and oxygen atoms in total. The fraction of sp³-hybridized carbons (Fsp3) is 0.571. The highest BCUT2D eigenvalue weighted by Gasteiger charge is 2.32. The topological polar surface area (TPSA) is 152 Å². The summed E-state index contributed by atoms with van der Waals surface area (Å²) in [5.41, 5.74) is 12.5. The lowest BCUT2D eigenvalue weighted by Gasteiger charge is -2.38. The molecule has 1 aliphatic carbocycles. The summed E-state index contributed by atoms with van der Waals surface area (Å²) < 4.78 is 7.00. The van der Waals surface area contributed by atoms with Crippen molar-refractivity contribution in [2.75, 3.05) is 45.7 Å². The molecule has 1 aromatic heterocycles. The number of hydrogen-bond acceptors (Lipinski definition) is 8. The van der Waals surface area contributed by atoms with Crippen molar-refractivity contribution in [2.45, 2.75) is 63.4 Å². The molecular formula is C28H43ClN8O4. The Morgan fingerprint density at radius 1 is 1.10 bits per heavy atom. The van der Waals surface area contributed by atoms with E-state index in [-0.39, 0.29) is 42.3 Å². The summed E-state index contributed by atoms with van der Waals surface area (Å²) in [7, 11) is 3.84. The zero-order chi connectivity index (χ0) is 29.0. The van der Waals surface area contributed by atoms with Crippen LogP contribution in [-0.4, -0.2) is 100 Å². The third kappa shape index (κ3) is 8.04. The zero-order valence-corrected chi connectivity index (χ0v) is 25.1. The summed E-state index contributed by atoms with van der Waals surface area (Å²) in [6.07, 6.45) is 4.59. The van der Waals surface area contributed by atoms with Crippen LogP contribution in [0.15, 0.2) is 41.3 Å². The molecule has 3 unspecified atom stereocenters. The Hall–Kier alpha value is -3.03. The number of ether oxygens (including phenoxy) is 1. The number of methoxy groups -OCH3 is 1. The smallest absolute Gasteiger partial charge is 0.354 e. The van der Waals surface area contributed by atoms with Crippen LogP contribution in [0.1, 0.15) is 38.7 Å². The Morgan fingerprint density at radius 3 is 2.32 bits per heavy atom. The van der Waals surface area contributed by atoms with E-state index >= 15 is 0 Å². The van der Waals surface area contributed by atoms with Crippen molar-refractivity contribution in [3.63, 3.8) is 0 Å². The average molecular weight is 591 g/mol. The van der Waals surface area contributed by atoms with E-state index in [1.54, 1.807) is 43.0 Å². The summed E-state index contributed by atoms with van der Waals surface area (Å²) in [6, 6.07) is 9.53. The molecule has 1 saturated heterocycles. The highest BCUT2D eigenvalue weighted by Crippen LogP contribution is 2.25. The number of piperazine rings is 1. The third-order valence-corrected chi connectivity index (χ3v) is 7.83. The number of nitrogens with one attached hydrogen (secondary N) is 1. The number of amides is 3. The summed E-state index contributed by atoms with van der Waals surface area (Å²) in [5.74, 6) is 0.0279. The Labute approximate surface area is 247 Å². The van der Waals surface area contributed by atoms with Gasteiger partial charge in [-0.15, -0.1) is 12.4 Å². The van der Waals surface area contributed by atoms with E-state index in [1.807, 2.05) is 24.3 Å². The van der Waals surface area contributed by atoms with Gasteiger partial charge in [-0.2, -0.15) is 4.98 Å². The van der Waals surface area contributed by atoms with Gasteiger partial charge in [0.1, 0.15) is 5.82 Å². The Balaban J connectivity index is 0.00000462. The van der Waals surface area contributed by atoms with Gasteiger partial charge in [0, 0.05) is 58.1 Å². The van der Waals surface area contributed by atoms with Gasteiger partial charge in [0.25, 0.3) is 0 Å². The van der Waals surface area contributed by atoms with E-state index in [9.17, 15) is 14.4 Å². The van der Waals surface area contributed by atoms with Gasteiger partial charge in [-0.25, -0.2) is 9.59 Å². The fourth-order valence-corrected chi connectivity index (χ4v) is 5.36. The van der Waals surface area contributed by atoms with Crippen molar-refractivity contribution >= 4 is 30.2 Å². The van der Waals surface area contributed by atoms with Crippen molar-refractivity contribution in [3.8, 4) is 5.69 Å². The van der Waals surface area contributed by atoms with Crippen LogP contribution >= 0.6 is 12.4 Å². The highest BCUT2D eigenvalue weighted by atomic mass is 35.5. The first-order chi connectivity index (χ1) is 19.0. The van der Waals surface area contributed by atoms with Gasteiger partial charge in [0.05, 0.1) is 17.3 Å². The van der Waals surface area contributed by atoms with E-state index in [1.165, 1.54) is 4.57 Å². The van der Waals surface area contributed by atoms with Crippen LogP contribution in [0, 0.1) is 0 Å². The molecule has 4 rings (SSSR count). The first-order valence-corrected chi connectivity index (χ1v) is 13.8. The molecule has 2 aliphatic rings. The van der Waals surface area contributed by atoms with Crippen LogP contribution in [-0.2, 0) is 16.1 Å². The van der Waals surface area contributed by atoms with Crippen molar-refractivity contribution in [1.29, 1.82) is 0 Å². The highest BCUT2D eigenvalue weighted by molar-refractivity contribution is 5.89. The Bertz CT molecular complexity index is 1240. The van der Waals surface area contributed by atoms with Crippen molar-refractivity contribution < 1.29 is 14.3 Å². The zero-order valence-electron chi connectivity index (χ0n) is 24.3. The van der Waals surface area contributed by atoms with Gasteiger partial charge in [-0.3, -0.25) is 19.6 Å². The number of benzene rings is 1. The largest absolute Gasteiger partial charge is 0.380 e. The van der Waals surface area contributed by atoms with Crippen molar-refractivity contribution in [2.24, 2.45) is 11.5 Å². The van der Waals surface area contributed by atoms with Gasteiger partial charge in [-0.1, -0.05) is 12.1 Å². The molecule has 226 valence electrons. The van der Waals surface area contributed by atoms with E-state index in [0.717, 1.165) is 31.4 Å². The molecule has 41 heavy (non-hydrogen) atoms. The van der Waals surface area contributed by atoms with Gasteiger partial charge >= 0.3 is 11.7 Å². The van der Waals surface area contributed by atoms with Crippen LogP contribution in [0.2, 0.25) is 0 Å². The lowest BCUT2D eigenvalue weighted by molar-refractivity contribution is -0.137. The van der Waals surface area contributed by atoms with Gasteiger partial charge in [-0.05, 0) is 63.9 Å². The molecule has 3 atom stereocenters. The molecule has 2 heterocycles. The van der Waals surface area contributed by atoms with E-state index in [0.29, 0.717) is 37.9 Å². The maximum Gasteiger partial charge on any atom is 0.354 e. The van der Waals surface area contributed by atoms with Crippen LogP contribution < -0.4 is 22.5 Å². The average Bonchev–Trinajstić information content (AvgIpc) is 2.93. The third-order valence-electron chi connectivity index (χ3n) is 7.83. The predicted octanol–water partition coefficient (Wildman–Crippen LogP) is 1.39. The van der Waals surface area contributed by atoms with Crippen LogP contribution in [0.4, 0.5) is 10.6 Å².